The van der Waals surface area contributed by atoms with Gasteiger partial charge in [-0.3, -0.25) is 0 Å². The van der Waals surface area contributed by atoms with Gasteiger partial charge >= 0.3 is 6.08 Å². The zero-order chi connectivity index (χ0) is 13.2. The molecule has 2 aromatic rings. The minimum atomic E-state index is -0.306. The molecule has 0 unspecified atom stereocenters. The summed E-state index contributed by atoms with van der Waals surface area (Å²) >= 11 is 0. The van der Waals surface area contributed by atoms with Gasteiger partial charge < -0.3 is 14.5 Å². The third kappa shape index (κ3) is 3.12. The maximum absolute atomic E-state index is 13.4. The van der Waals surface area contributed by atoms with Crippen molar-refractivity contribution in [3.63, 3.8) is 0 Å². The van der Waals surface area contributed by atoms with Crippen molar-refractivity contribution in [1.29, 1.82) is 0 Å². The van der Waals surface area contributed by atoms with Gasteiger partial charge in [-0.05, 0) is 31.4 Å². The Morgan fingerprint density at radius 2 is 2.32 bits per heavy atom. The highest BCUT2D eigenvalue weighted by molar-refractivity contribution is 5.29. The Labute approximate surface area is 110 Å². The highest BCUT2D eigenvalue weighted by Crippen LogP contribution is 2.23. The predicted molar refractivity (Wildman–Crippen MR) is 67.6 cm³/mol. The van der Waals surface area contributed by atoms with Gasteiger partial charge in [-0.15, -0.1) is 0 Å². The molecule has 1 fully saturated rings. The van der Waals surface area contributed by atoms with Crippen LogP contribution in [0.15, 0.2) is 28.9 Å². The molecule has 1 aliphatic rings. The van der Waals surface area contributed by atoms with E-state index in [1.807, 2.05) is 0 Å². The van der Waals surface area contributed by atoms with E-state index >= 15 is 0 Å². The van der Waals surface area contributed by atoms with Crippen LogP contribution in [0.2, 0.25) is 0 Å². The quantitative estimate of drug-likeness (QED) is 0.899. The van der Waals surface area contributed by atoms with Crippen molar-refractivity contribution in [1.82, 2.24) is 10.3 Å². The molecule has 0 amide bonds. The molecule has 1 aromatic heterocycles. The average Bonchev–Trinajstić information content (AvgIpc) is 3.12. The van der Waals surface area contributed by atoms with Crippen molar-refractivity contribution >= 4 is 0 Å². The van der Waals surface area contributed by atoms with Gasteiger partial charge in [-0.2, -0.15) is 4.98 Å². The highest BCUT2D eigenvalue weighted by Gasteiger charge is 2.20. The summed E-state index contributed by atoms with van der Waals surface area (Å²) in [5.74, 6) is 0.0753. The van der Waals surface area contributed by atoms with Gasteiger partial charge in [0.05, 0.1) is 5.69 Å². The van der Waals surface area contributed by atoms with Gasteiger partial charge in [0, 0.05) is 18.7 Å². The van der Waals surface area contributed by atoms with Crippen LogP contribution in [0.3, 0.4) is 0 Å². The normalized spacial score (nSPS) is 14.6. The van der Waals surface area contributed by atoms with E-state index in [1.165, 1.54) is 18.9 Å². The minimum absolute atomic E-state index is 0.135. The number of hydrogen-bond acceptors (Lipinski definition) is 4. The van der Waals surface area contributed by atoms with Crippen molar-refractivity contribution in [2.45, 2.75) is 32.4 Å². The molecule has 1 aliphatic carbocycles. The molecule has 0 atom stereocenters. The second-order valence-electron chi connectivity index (χ2n) is 4.77. The second-order valence-corrected chi connectivity index (χ2v) is 4.77. The van der Waals surface area contributed by atoms with Crippen LogP contribution in [0.5, 0.6) is 11.8 Å². The summed E-state index contributed by atoms with van der Waals surface area (Å²) in [5.41, 5.74) is 1.36. The highest BCUT2D eigenvalue weighted by atomic mass is 19.1. The first-order valence-corrected chi connectivity index (χ1v) is 6.32. The van der Waals surface area contributed by atoms with Crippen LogP contribution in [0.4, 0.5) is 4.39 Å². The number of rotatable bonds is 5. The van der Waals surface area contributed by atoms with Gasteiger partial charge in [0.25, 0.3) is 0 Å². The van der Waals surface area contributed by atoms with E-state index in [1.54, 1.807) is 25.3 Å². The summed E-state index contributed by atoms with van der Waals surface area (Å²) in [7, 11) is 0. The third-order valence-corrected chi connectivity index (χ3v) is 3.03. The SMILES string of the molecule is Cc1ccc(Oc2nc(CNC3CC3)co2)cc1F. The van der Waals surface area contributed by atoms with Gasteiger partial charge in [0.1, 0.15) is 17.8 Å². The molecule has 1 heterocycles. The molecule has 0 saturated heterocycles. The largest absolute Gasteiger partial charge is 0.417 e. The number of nitrogens with zero attached hydrogens (tertiary/aromatic N) is 1. The Bertz CT molecular complexity index is 579. The number of aromatic nitrogens is 1. The molecule has 1 saturated carbocycles. The molecule has 0 bridgehead atoms. The molecular formula is C14H15FN2O2. The van der Waals surface area contributed by atoms with E-state index < -0.39 is 0 Å². The van der Waals surface area contributed by atoms with Crippen molar-refractivity contribution in [3.05, 3.63) is 41.5 Å². The number of nitrogens with one attached hydrogen (secondary N) is 1. The van der Waals surface area contributed by atoms with Crippen molar-refractivity contribution in [3.8, 4) is 11.8 Å². The molecule has 1 N–H and O–H groups in total. The molecular weight excluding hydrogens is 247 g/mol. The lowest BCUT2D eigenvalue weighted by molar-refractivity contribution is 0.329. The molecule has 4 nitrogen and oxygen atoms in total. The van der Waals surface area contributed by atoms with Crippen LogP contribution in [0, 0.1) is 12.7 Å². The third-order valence-electron chi connectivity index (χ3n) is 3.03. The van der Waals surface area contributed by atoms with Crippen LogP contribution in [0.1, 0.15) is 24.1 Å². The minimum Gasteiger partial charge on any atom is -0.417 e. The summed E-state index contributed by atoms with van der Waals surface area (Å²) < 4.78 is 23.9. The Balaban J connectivity index is 1.63. The topological polar surface area (TPSA) is 47.3 Å². The van der Waals surface area contributed by atoms with Crippen LogP contribution in [0.25, 0.3) is 0 Å². The van der Waals surface area contributed by atoms with Gasteiger partial charge in [-0.1, -0.05) is 6.07 Å². The van der Waals surface area contributed by atoms with Gasteiger partial charge in [0.2, 0.25) is 0 Å². The fraction of sp³-hybridized carbons (Fsp3) is 0.357. The number of hydrogen-bond donors (Lipinski definition) is 1. The summed E-state index contributed by atoms with van der Waals surface area (Å²) in [6.07, 6.45) is 4.14. The number of benzene rings is 1. The lowest BCUT2D eigenvalue weighted by Gasteiger charge is -2.02. The van der Waals surface area contributed by atoms with E-state index in [2.05, 4.69) is 10.3 Å². The first-order valence-electron chi connectivity index (χ1n) is 6.32. The fourth-order valence-corrected chi connectivity index (χ4v) is 1.69. The zero-order valence-electron chi connectivity index (χ0n) is 10.6. The summed E-state index contributed by atoms with van der Waals surface area (Å²) in [6, 6.07) is 5.28. The number of ether oxygens (including phenoxy) is 1. The maximum Gasteiger partial charge on any atom is 0.399 e. The first-order chi connectivity index (χ1) is 9.20. The van der Waals surface area contributed by atoms with E-state index in [-0.39, 0.29) is 11.9 Å². The summed E-state index contributed by atoms with van der Waals surface area (Å²) in [6.45, 7) is 2.37. The molecule has 19 heavy (non-hydrogen) atoms. The van der Waals surface area contributed by atoms with E-state index in [0.29, 0.717) is 23.9 Å². The summed E-state index contributed by atoms with van der Waals surface area (Å²) in [4.78, 5) is 4.18. The standard InChI is InChI=1S/C14H15FN2O2/c1-9-2-5-12(6-13(9)15)19-14-17-11(8-18-14)7-16-10-3-4-10/h2,5-6,8,10,16H,3-4,7H2,1H3. The Kier molecular flexibility index (Phi) is 3.21. The number of aryl methyl sites for hydroxylation is 1. The molecule has 5 heteroatoms. The number of halogens is 1. The van der Waals surface area contributed by atoms with E-state index in [4.69, 9.17) is 9.15 Å². The van der Waals surface area contributed by atoms with Crippen LogP contribution >= 0.6 is 0 Å². The van der Waals surface area contributed by atoms with Crippen LogP contribution < -0.4 is 10.1 Å². The second kappa shape index (κ2) is 5.01. The molecule has 100 valence electrons. The van der Waals surface area contributed by atoms with E-state index in [9.17, 15) is 4.39 Å². The zero-order valence-corrected chi connectivity index (χ0v) is 10.6. The lowest BCUT2D eigenvalue weighted by Crippen LogP contribution is -2.15. The molecule has 0 aliphatic heterocycles. The monoisotopic (exact) mass is 262 g/mol. The Hall–Kier alpha value is -1.88. The molecule has 0 spiro atoms. The van der Waals surface area contributed by atoms with Gasteiger partial charge in [0.15, 0.2) is 0 Å². The van der Waals surface area contributed by atoms with Gasteiger partial charge in [-0.25, -0.2) is 4.39 Å². The van der Waals surface area contributed by atoms with Crippen LogP contribution in [-0.2, 0) is 6.54 Å². The number of oxazole rings is 1. The smallest absolute Gasteiger partial charge is 0.399 e. The predicted octanol–water partition coefficient (Wildman–Crippen LogP) is 3.17. The fourth-order valence-electron chi connectivity index (χ4n) is 1.69. The maximum atomic E-state index is 13.4. The van der Waals surface area contributed by atoms with Crippen molar-refractivity contribution < 1.29 is 13.5 Å². The van der Waals surface area contributed by atoms with E-state index in [0.717, 1.165) is 5.69 Å². The van der Waals surface area contributed by atoms with Crippen molar-refractivity contribution in [2.75, 3.05) is 0 Å². The molecule has 3 rings (SSSR count). The Morgan fingerprint density at radius 1 is 1.47 bits per heavy atom. The molecule has 0 radical (unpaired) electrons. The first kappa shape index (κ1) is 12.2. The lowest BCUT2D eigenvalue weighted by atomic mass is 10.2. The van der Waals surface area contributed by atoms with Crippen LogP contribution in [-0.4, -0.2) is 11.0 Å². The van der Waals surface area contributed by atoms with Crippen molar-refractivity contribution in [2.24, 2.45) is 0 Å². The summed E-state index contributed by atoms with van der Waals surface area (Å²) in [5, 5.41) is 3.33. The average molecular weight is 262 g/mol. The Morgan fingerprint density at radius 3 is 3.05 bits per heavy atom. The molecule has 1 aromatic carbocycles.